The molecule has 0 radical (unpaired) electrons. The Kier molecular flexibility index (Phi) is 3.95. The molecule has 0 fully saturated rings. The second kappa shape index (κ2) is 5.00. The molecule has 0 saturated carbocycles. The molecule has 2 nitrogen and oxygen atoms in total. The van der Waals surface area contributed by atoms with Gasteiger partial charge in [-0.25, -0.2) is 4.39 Å². The van der Waals surface area contributed by atoms with Crippen molar-refractivity contribution >= 4 is 18.0 Å². The van der Waals surface area contributed by atoms with E-state index in [0.29, 0.717) is 29.1 Å². The van der Waals surface area contributed by atoms with Crippen LogP contribution in [0.3, 0.4) is 0 Å². The highest BCUT2D eigenvalue weighted by molar-refractivity contribution is 7.98. The predicted octanol–water partition coefficient (Wildman–Crippen LogP) is 2.76. The minimum atomic E-state index is -0.386. The molecule has 0 atom stereocenters. The third-order valence-electron chi connectivity index (χ3n) is 1.73. The van der Waals surface area contributed by atoms with Crippen molar-refractivity contribution in [3.05, 3.63) is 23.5 Å². The standard InChI is InChI=1S/C10H11FO2S/c1-3-13-9-5-4-8(11)10(14-2)7(9)6-12/h4-6H,3H2,1-2H3. The van der Waals surface area contributed by atoms with Crippen LogP contribution in [0, 0.1) is 5.82 Å². The third kappa shape index (κ3) is 2.07. The van der Waals surface area contributed by atoms with E-state index in [1.165, 1.54) is 23.9 Å². The van der Waals surface area contributed by atoms with Gasteiger partial charge in [-0.05, 0) is 25.3 Å². The van der Waals surface area contributed by atoms with Gasteiger partial charge >= 0.3 is 0 Å². The first-order chi connectivity index (χ1) is 6.74. The molecular formula is C10H11FO2S. The lowest BCUT2D eigenvalue weighted by Crippen LogP contribution is -1.99. The molecule has 1 rings (SSSR count). The summed E-state index contributed by atoms with van der Waals surface area (Å²) in [5.74, 6) is 0.0521. The zero-order valence-electron chi connectivity index (χ0n) is 8.04. The van der Waals surface area contributed by atoms with E-state index in [9.17, 15) is 9.18 Å². The van der Waals surface area contributed by atoms with Crippen molar-refractivity contribution < 1.29 is 13.9 Å². The lowest BCUT2D eigenvalue weighted by Gasteiger charge is -2.09. The molecule has 1 aromatic rings. The van der Waals surface area contributed by atoms with E-state index in [1.807, 2.05) is 6.92 Å². The quantitative estimate of drug-likeness (QED) is 0.569. The second-order valence-electron chi connectivity index (χ2n) is 2.54. The first kappa shape index (κ1) is 11.0. The van der Waals surface area contributed by atoms with Gasteiger partial charge in [-0.3, -0.25) is 4.79 Å². The molecule has 0 unspecified atom stereocenters. The van der Waals surface area contributed by atoms with Crippen molar-refractivity contribution in [1.29, 1.82) is 0 Å². The number of thioether (sulfide) groups is 1. The Bertz CT molecular complexity index is 339. The number of rotatable bonds is 4. The van der Waals surface area contributed by atoms with Crippen molar-refractivity contribution in [3.8, 4) is 5.75 Å². The summed E-state index contributed by atoms with van der Waals surface area (Å²) < 4.78 is 18.4. The van der Waals surface area contributed by atoms with Crippen LogP contribution in [-0.2, 0) is 0 Å². The number of halogens is 1. The average molecular weight is 214 g/mol. The summed E-state index contributed by atoms with van der Waals surface area (Å²) in [6, 6.07) is 2.78. The van der Waals surface area contributed by atoms with E-state index in [-0.39, 0.29) is 5.82 Å². The highest BCUT2D eigenvalue weighted by Crippen LogP contribution is 2.29. The largest absolute Gasteiger partial charge is 0.493 e. The van der Waals surface area contributed by atoms with Crippen LogP contribution in [0.2, 0.25) is 0 Å². The van der Waals surface area contributed by atoms with Crippen molar-refractivity contribution in [2.24, 2.45) is 0 Å². The van der Waals surface area contributed by atoms with Gasteiger partial charge in [-0.15, -0.1) is 11.8 Å². The minimum Gasteiger partial charge on any atom is -0.493 e. The Morgan fingerprint density at radius 3 is 2.79 bits per heavy atom. The van der Waals surface area contributed by atoms with E-state index in [4.69, 9.17) is 4.74 Å². The zero-order chi connectivity index (χ0) is 10.6. The highest BCUT2D eigenvalue weighted by Gasteiger charge is 2.12. The third-order valence-corrected chi connectivity index (χ3v) is 2.55. The number of benzene rings is 1. The van der Waals surface area contributed by atoms with Crippen LogP contribution in [0.5, 0.6) is 5.75 Å². The van der Waals surface area contributed by atoms with Gasteiger partial charge in [-0.2, -0.15) is 0 Å². The fraction of sp³-hybridized carbons (Fsp3) is 0.300. The average Bonchev–Trinajstić information content (AvgIpc) is 2.20. The fourth-order valence-electron chi connectivity index (χ4n) is 1.16. The van der Waals surface area contributed by atoms with Crippen LogP contribution in [0.25, 0.3) is 0 Å². The molecule has 1 aromatic carbocycles. The number of carbonyl (C=O) groups excluding carboxylic acids is 1. The molecular weight excluding hydrogens is 203 g/mol. The molecule has 4 heteroatoms. The summed E-state index contributed by atoms with van der Waals surface area (Å²) in [7, 11) is 0. The molecule has 0 amide bonds. The Balaban J connectivity index is 3.25. The molecule has 0 spiro atoms. The zero-order valence-corrected chi connectivity index (χ0v) is 8.86. The van der Waals surface area contributed by atoms with Crippen LogP contribution in [-0.4, -0.2) is 19.1 Å². The van der Waals surface area contributed by atoms with Gasteiger partial charge in [0.1, 0.15) is 11.6 Å². The van der Waals surface area contributed by atoms with Crippen LogP contribution < -0.4 is 4.74 Å². The maximum Gasteiger partial charge on any atom is 0.155 e. The number of hydrogen-bond donors (Lipinski definition) is 0. The van der Waals surface area contributed by atoms with Gasteiger partial charge in [0.05, 0.1) is 17.1 Å². The van der Waals surface area contributed by atoms with E-state index in [1.54, 1.807) is 6.26 Å². The normalized spacial score (nSPS) is 9.93. The maximum absolute atomic E-state index is 13.2. The van der Waals surface area contributed by atoms with Crippen LogP contribution in [0.4, 0.5) is 4.39 Å². The smallest absolute Gasteiger partial charge is 0.155 e. The molecule has 0 saturated heterocycles. The molecule has 0 aliphatic rings. The van der Waals surface area contributed by atoms with Crippen LogP contribution in [0.15, 0.2) is 17.0 Å². The van der Waals surface area contributed by atoms with Crippen molar-refractivity contribution in [3.63, 3.8) is 0 Å². The fourth-order valence-corrected chi connectivity index (χ4v) is 1.79. The van der Waals surface area contributed by atoms with Gasteiger partial charge in [0.2, 0.25) is 0 Å². The predicted molar refractivity (Wildman–Crippen MR) is 54.7 cm³/mol. The lowest BCUT2D eigenvalue weighted by atomic mass is 10.2. The molecule has 76 valence electrons. The Hall–Kier alpha value is -1.03. The summed E-state index contributed by atoms with van der Waals surface area (Å²) in [5, 5.41) is 0. The van der Waals surface area contributed by atoms with E-state index in [0.717, 1.165) is 0 Å². The van der Waals surface area contributed by atoms with Gasteiger partial charge in [0, 0.05) is 0 Å². The molecule has 0 N–H and O–H groups in total. The second-order valence-corrected chi connectivity index (χ2v) is 3.36. The molecule has 0 aliphatic heterocycles. The first-order valence-electron chi connectivity index (χ1n) is 4.19. The summed E-state index contributed by atoms with van der Waals surface area (Å²) in [6.07, 6.45) is 2.35. The monoisotopic (exact) mass is 214 g/mol. The minimum absolute atomic E-state index is 0.291. The van der Waals surface area contributed by atoms with Gasteiger partial charge in [0.15, 0.2) is 6.29 Å². The molecule has 14 heavy (non-hydrogen) atoms. The van der Waals surface area contributed by atoms with E-state index in [2.05, 4.69) is 0 Å². The number of hydrogen-bond acceptors (Lipinski definition) is 3. The summed E-state index contributed by atoms with van der Waals surface area (Å²) in [6.45, 7) is 2.27. The van der Waals surface area contributed by atoms with Crippen molar-refractivity contribution in [1.82, 2.24) is 0 Å². The summed E-state index contributed by atoms with van der Waals surface area (Å²) in [5.41, 5.74) is 0.291. The molecule has 0 aromatic heterocycles. The summed E-state index contributed by atoms with van der Waals surface area (Å²) in [4.78, 5) is 11.1. The van der Waals surface area contributed by atoms with Gasteiger partial charge in [-0.1, -0.05) is 0 Å². The van der Waals surface area contributed by atoms with Gasteiger partial charge in [0.25, 0.3) is 0 Å². The molecule has 0 heterocycles. The van der Waals surface area contributed by atoms with E-state index < -0.39 is 0 Å². The van der Waals surface area contributed by atoms with Crippen LogP contribution in [0.1, 0.15) is 17.3 Å². The molecule has 0 bridgehead atoms. The molecule has 0 aliphatic carbocycles. The topological polar surface area (TPSA) is 26.3 Å². The number of ether oxygens (including phenoxy) is 1. The first-order valence-corrected chi connectivity index (χ1v) is 5.41. The lowest BCUT2D eigenvalue weighted by molar-refractivity contribution is 0.111. The van der Waals surface area contributed by atoms with Crippen molar-refractivity contribution in [2.45, 2.75) is 11.8 Å². The summed E-state index contributed by atoms with van der Waals surface area (Å²) >= 11 is 1.20. The highest BCUT2D eigenvalue weighted by atomic mass is 32.2. The number of carbonyl (C=O) groups is 1. The van der Waals surface area contributed by atoms with E-state index >= 15 is 0 Å². The number of aldehydes is 1. The van der Waals surface area contributed by atoms with Crippen molar-refractivity contribution in [2.75, 3.05) is 12.9 Å². The maximum atomic E-state index is 13.2. The van der Waals surface area contributed by atoms with Crippen LogP contribution >= 0.6 is 11.8 Å². The SMILES string of the molecule is CCOc1ccc(F)c(SC)c1C=O. The van der Waals surface area contributed by atoms with Gasteiger partial charge < -0.3 is 4.74 Å². The Morgan fingerprint density at radius 2 is 2.29 bits per heavy atom. The Labute approximate surface area is 86.5 Å². The Morgan fingerprint density at radius 1 is 1.57 bits per heavy atom.